The first-order valence-electron chi connectivity index (χ1n) is 4.78. The average molecular weight is 208 g/mol. The van der Waals surface area contributed by atoms with Gasteiger partial charge in [-0.05, 0) is 12.5 Å². The van der Waals surface area contributed by atoms with Crippen LogP contribution in [0.4, 0.5) is 11.4 Å². The molecular formula is C10H12N2O3. The topological polar surface area (TPSA) is 64.4 Å². The Bertz CT molecular complexity index is 404. The molecule has 0 unspecified atom stereocenters. The molecule has 0 spiro atoms. The Balaban J connectivity index is 2.56. The van der Waals surface area contributed by atoms with Gasteiger partial charge in [0, 0.05) is 18.2 Å². The minimum Gasteiger partial charge on any atom is -0.377 e. The number of hydrogen-bond donors (Lipinski definition) is 1. The van der Waals surface area contributed by atoms with Crippen molar-refractivity contribution in [2.75, 3.05) is 18.5 Å². The van der Waals surface area contributed by atoms with E-state index in [0.717, 1.165) is 11.1 Å². The maximum atomic E-state index is 10.8. The lowest BCUT2D eigenvalue weighted by Gasteiger charge is -2.09. The van der Waals surface area contributed by atoms with Crippen molar-refractivity contribution in [2.45, 2.75) is 13.5 Å². The number of anilines is 1. The van der Waals surface area contributed by atoms with Crippen LogP contribution in [0.5, 0.6) is 0 Å². The van der Waals surface area contributed by atoms with Crippen LogP contribution in [0.15, 0.2) is 12.1 Å². The normalized spacial score (nSPS) is 15.0. The first kappa shape index (κ1) is 9.92. The Morgan fingerprint density at radius 1 is 1.53 bits per heavy atom. The van der Waals surface area contributed by atoms with E-state index in [1.807, 2.05) is 6.92 Å². The van der Waals surface area contributed by atoms with Crippen LogP contribution in [0, 0.1) is 17.0 Å². The molecule has 0 saturated carbocycles. The van der Waals surface area contributed by atoms with Crippen LogP contribution in [0.25, 0.3) is 0 Å². The molecule has 0 radical (unpaired) electrons. The van der Waals surface area contributed by atoms with Crippen molar-refractivity contribution >= 4 is 11.4 Å². The summed E-state index contributed by atoms with van der Waals surface area (Å²) in [6.45, 7) is 3.55. The molecular weight excluding hydrogens is 196 g/mol. The number of benzene rings is 1. The van der Waals surface area contributed by atoms with Gasteiger partial charge in [0.2, 0.25) is 0 Å². The summed E-state index contributed by atoms with van der Waals surface area (Å²) in [5.41, 5.74) is 2.64. The molecule has 0 amide bonds. The van der Waals surface area contributed by atoms with E-state index in [1.165, 1.54) is 6.07 Å². The number of fused-ring (bicyclic) bond motifs is 1. The van der Waals surface area contributed by atoms with Crippen molar-refractivity contribution in [3.63, 3.8) is 0 Å². The van der Waals surface area contributed by atoms with Gasteiger partial charge < -0.3 is 10.1 Å². The lowest BCUT2D eigenvalue weighted by atomic mass is 10.1. The molecule has 0 aliphatic carbocycles. The van der Waals surface area contributed by atoms with Gasteiger partial charge in [-0.1, -0.05) is 6.07 Å². The first-order chi connectivity index (χ1) is 7.20. The third-order valence-electron chi connectivity index (χ3n) is 2.52. The lowest BCUT2D eigenvalue weighted by Crippen LogP contribution is -2.06. The van der Waals surface area contributed by atoms with Crippen molar-refractivity contribution in [1.29, 1.82) is 0 Å². The highest BCUT2D eigenvalue weighted by atomic mass is 16.6. The summed E-state index contributed by atoms with van der Waals surface area (Å²) < 4.78 is 5.35. The Morgan fingerprint density at radius 3 is 3.07 bits per heavy atom. The lowest BCUT2D eigenvalue weighted by molar-refractivity contribution is -0.384. The molecule has 1 aliphatic heterocycles. The van der Waals surface area contributed by atoms with Gasteiger partial charge in [0.15, 0.2) is 0 Å². The largest absolute Gasteiger partial charge is 0.377 e. The summed E-state index contributed by atoms with van der Waals surface area (Å²) in [6.07, 6.45) is 0. The smallest absolute Gasteiger partial charge is 0.292 e. The van der Waals surface area contributed by atoms with E-state index in [-0.39, 0.29) is 10.6 Å². The quantitative estimate of drug-likeness (QED) is 0.565. The number of hydrogen-bond acceptors (Lipinski definition) is 4. The molecule has 80 valence electrons. The summed E-state index contributed by atoms with van der Waals surface area (Å²) in [6, 6.07) is 3.29. The summed E-state index contributed by atoms with van der Waals surface area (Å²) in [5.74, 6) is 0. The van der Waals surface area contributed by atoms with Gasteiger partial charge >= 0.3 is 0 Å². The average Bonchev–Trinajstić information content (AvgIpc) is 2.43. The minimum atomic E-state index is -0.364. The highest BCUT2D eigenvalue weighted by molar-refractivity contribution is 5.68. The van der Waals surface area contributed by atoms with Gasteiger partial charge in [0.05, 0.1) is 18.1 Å². The van der Waals surface area contributed by atoms with Crippen LogP contribution < -0.4 is 5.32 Å². The van der Waals surface area contributed by atoms with Gasteiger partial charge in [-0.3, -0.25) is 10.1 Å². The van der Waals surface area contributed by atoms with Gasteiger partial charge in [-0.25, -0.2) is 0 Å². The molecule has 0 saturated heterocycles. The van der Waals surface area contributed by atoms with Crippen molar-refractivity contribution < 1.29 is 9.66 Å². The minimum absolute atomic E-state index is 0.126. The number of ether oxygens (including phenoxy) is 1. The molecule has 1 heterocycles. The summed E-state index contributed by atoms with van der Waals surface area (Å²) in [4.78, 5) is 10.5. The Hall–Kier alpha value is -1.62. The Morgan fingerprint density at radius 2 is 2.33 bits per heavy atom. The summed E-state index contributed by atoms with van der Waals surface area (Å²) in [7, 11) is 0. The summed E-state index contributed by atoms with van der Waals surface area (Å²) >= 11 is 0. The van der Waals surface area contributed by atoms with Crippen LogP contribution in [-0.4, -0.2) is 18.1 Å². The third-order valence-corrected chi connectivity index (χ3v) is 2.52. The Kier molecular flexibility index (Phi) is 2.55. The third kappa shape index (κ3) is 1.78. The maximum absolute atomic E-state index is 10.8. The second-order valence-electron chi connectivity index (χ2n) is 3.49. The zero-order chi connectivity index (χ0) is 10.8. The Labute approximate surface area is 87.2 Å². The number of nitro groups is 1. The number of rotatable bonds is 1. The molecule has 5 heteroatoms. The second-order valence-corrected chi connectivity index (χ2v) is 3.49. The molecule has 0 atom stereocenters. The van der Waals surface area contributed by atoms with Crippen LogP contribution in [-0.2, 0) is 11.3 Å². The molecule has 1 aromatic carbocycles. The van der Waals surface area contributed by atoms with Crippen LogP contribution in [0.2, 0.25) is 0 Å². The highest BCUT2D eigenvalue weighted by Crippen LogP contribution is 2.32. The molecule has 1 N–H and O–H groups in total. The van der Waals surface area contributed by atoms with E-state index in [4.69, 9.17) is 4.74 Å². The van der Waals surface area contributed by atoms with Gasteiger partial charge in [0.1, 0.15) is 5.69 Å². The number of nitrogens with one attached hydrogen (secondary N) is 1. The van der Waals surface area contributed by atoms with E-state index in [1.54, 1.807) is 6.07 Å². The fourth-order valence-electron chi connectivity index (χ4n) is 1.70. The monoisotopic (exact) mass is 208 g/mol. The molecule has 0 aromatic heterocycles. The van der Waals surface area contributed by atoms with Crippen molar-refractivity contribution in [3.8, 4) is 0 Å². The zero-order valence-corrected chi connectivity index (χ0v) is 8.45. The standard InChI is InChI=1S/C10H12N2O3/c1-7-2-3-9(12(13)14)10-8(7)6-15-5-4-11-10/h2-3,11H,4-6H2,1H3. The fourth-order valence-corrected chi connectivity index (χ4v) is 1.70. The molecule has 5 nitrogen and oxygen atoms in total. The fraction of sp³-hybridized carbons (Fsp3) is 0.400. The van der Waals surface area contributed by atoms with Crippen LogP contribution in [0.3, 0.4) is 0 Å². The molecule has 0 fully saturated rings. The summed E-state index contributed by atoms with van der Waals surface area (Å²) in [5, 5.41) is 13.9. The highest BCUT2D eigenvalue weighted by Gasteiger charge is 2.20. The molecule has 1 aromatic rings. The van der Waals surface area contributed by atoms with E-state index in [9.17, 15) is 10.1 Å². The van der Waals surface area contributed by atoms with Gasteiger partial charge in [0.25, 0.3) is 5.69 Å². The van der Waals surface area contributed by atoms with Crippen molar-refractivity contribution in [1.82, 2.24) is 0 Å². The predicted molar refractivity (Wildman–Crippen MR) is 56.0 cm³/mol. The number of aryl methyl sites for hydroxylation is 1. The first-order valence-corrected chi connectivity index (χ1v) is 4.78. The van der Waals surface area contributed by atoms with Gasteiger partial charge in [-0.2, -0.15) is 0 Å². The van der Waals surface area contributed by atoms with Crippen molar-refractivity contribution in [2.24, 2.45) is 0 Å². The number of nitrogens with zero attached hydrogens (tertiary/aromatic N) is 1. The molecule has 2 rings (SSSR count). The number of nitro benzene ring substituents is 1. The SMILES string of the molecule is Cc1ccc([N+](=O)[O-])c2c1COCCN2. The van der Waals surface area contributed by atoms with Crippen molar-refractivity contribution in [3.05, 3.63) is 33.4 Å². The van der Waals surface area contributed by atoms with E-state index in [0.29, 0.717) is 25.4 Å². The van der Waals surface area contributed by atoms with Crippen LogP contribution >= 0.6 is 0 Å². The molecule has 1 aliphatic rings. The van der Waals surface area contributed by atoms with Crippen LogP contribution in [0.1, 0.15) is 11.1 Å². The second kappa shape index (κ2) is 3.86. The predicted octanol–water partition coefficient (Wildman–Crippen LogP) is 1.85. The molecule has 15 heavy (non-hydrogen) atoms. The van der Waals surface area contributed by atoms with E-state index < -0.39 is 0 Å². The molecule has 0 bridgehead atoms. The van der Waals surface area contributed by atoms with Gasteiger partial charge in [-0.15, -0.1) is 0 Å². The maximum Gasteiger partial charge on any atom is 0.292 e. The zero-order valence-electron chi connectivity index (χ0n) is 8.45. The van der Waals surface area contributed by atoms with E-state index in [2.05, 4.69) is 5.32 Å². The van der Waals surface area contributed by atoms with E-state index >= 15 is 0 Å².